The van der Waals surface area contributed by atoms with E-state index < -0.39 is 0 Å². The van der Waals surface area contributed by atoms with E-state index in [2.05, 4.69) is 6.92 Å². The maximum absolute atomic E-state index is 10.9. The molecule has 5 nitrogen and oxygen atoms in total. The van der Waals surface area contributed by atoms with Gasteiger partial charge >= 0.3 is 0 Å². The van der Waals surface area contributed by atoms with Crippen molar-refractivity contribution in [2.45, 2.75) is 72.3 Å². The van der Waals surface area contributed by atoms with E-state index in [1.807, 2.05) is 20.8 Å². The lowest BCUT2D eigenvalue weighted by atomic mass is 9.85. The Labute approximate surface area is 143 Å². The van der Waals surface area contributed by atoms with Crippen LogP contribution in [0.3, 0.4) is 0 Å². The molecular formula is C19H27NO4. The SMILES string of the molecule is CC/C(=C/CCC1(C)CCc2c(C)c(O)c(C)c(C)c2O1)[N+](=O)[O-]. The number of phenolic OH excluding ortho intramolecular Hbond substituents is 1. The minimum absolute atomic E-state index is 0.266. The topological polar surface area (TPSA) is 72.6 Å². The van der Waals surface area contributed by atoms with E-state index >= 15 is 0 Å². The molecule has 0 fully saturated rings. The Kier molecular flexibility index (Phi) is 5.21. The fraction of sp³-hybridized carbons (Fsp3) is 0.579. The van der Waals surface area contributed by atoms with Crippen LogP contribution in [0.5, 0.6) is 11.5 Å². The second-order valence-corrected chi connectivity index (χ2v) is 6.93. The Morgan fingerprint density at radius 2 is 2.00 bits per heavy atom. The number of hydrogen-bond donors (Lipinski definition) is 1. The Morgan fingerprint density at radius 1 is 1.33 bits per heavy atom. The van der Waals surface area contributed by atoms with Gasteiger partial charge in [-0.3, -0.25) is 10.1 Å². The summed E-state index contributed by atoms with van der Waals surface area (Å²) in [6, 6.07) is 0. The van der Waals surface area contributed by atoms with Crippen LogP contribution < -0.4 is 4.74 Å². The van der Waals surface area contributed by atoms with E-state index in [0.717, 1.165) is 47.3 Å². The second kappa shape index (κ2) is 6.83. The molecule has 0 spiro atoms. The quantitative estimate of drug-likeness (QED) is 0.623. The summed E-state index contributed by atoms with van der Waals surface area (Å²) in [7, 11) is 0. The number of phenols is 1. The molecule has 0 aliphatic carbocycles. The molecule has 24 heavy (non-hydrogen) atoms. The molecule has 5 heteroatoms. The van der Waals surface area contributed by atoms with Gasteiger partial charge in [0.05, 0.1) is 4.92 Å². The minimum Gasteiger partial charge on any atom is -0.507 e. The summed E-state index contributed by atoms with van der Waals surface area (Å²) >= 11 is 0. The van der Waals surface area contributed by atoms with E-state index in [9.17, 15) is 15.2 Å². The Balaban J connectivity index is 2.21. The third-order valence-corrected chi connectivity index (χ3v) is 5.24. The highest BCUT2D eigenvalue weighted by Crippen LogP contribution is 2.44. The summed E-state index contributed by atoms with van der Waals surface area (Å²) in [4.78, 5) is 10.6. The second-order valence-electron chi connectivity index (χ2n) is 6.93. The zero-order chi connectivity index (χ0) is 18.1. The fourth-order valence-electron chi connectivity index (χ4n) is 3.36. The molecule has 1 heterocycles. The van der Waals surface area contributed by atoms with Gasteiger partial charge in [0.15, 0.2) is 0 Å². The van der Waals surface area contributed by atoms with Crippen molar-refractivity contribution >= 4 is 0 Å². The predicted octanol–water partition coefficient (Wildman–Crippen LogP) is 4.75. The third-order valence-electron chi connectivity index (χ3n) is 5.24. The highest BCUT2D eigenvalue weighted by molar-refractivity contribution is 5.58. The number of nitro groups is 1. The standard InChI is InChI=1S/C19H27NO4/c1-6-15(20(22)23)8-7-10-19(5)11-9-16-14(4)17(21)12(2)13(3)18(16)24-19/h8,21H,6-7,9-11H2,1-5H3/b15-8-. The lowest BCUT2D eigenvalue weighted by Crippen LogP contribution is -2.37. The van der Waals surface area contributed by atoms with E-state index in [1.54, 1.807) is 13.0 Å². The number of rotatable bonds is 5. The lowest BCUT2D eigenvalue weighted by molar-refractivity contribution is -0.427. The van der Waals surface area contributed by atoms with Crippen LogP contribution in [0.4, 0.5) is 0 Å². The smallest absolute Gasteiger partial charge is 0.242 e. The normalized spacial score (nSPS) is 20.5. The summed E-state index contributed by atoms with van der Waals surface area (Å²) in [5.41, 5.74) is 3.76. The summed E-state index contributed by atoms with van der Waals surface area (Å²) < 4.78 is 6.33. The number of fused-ring (bicyclic) bond motifs is 1. The largest absolute Gasteiger partial charge is 0.507 e. The molecule has 1 aliphatic rings. The average Bonchev–Trinajstić information content (AvgIpc) is 2.54. The average molecular weight is 333 g/mol. The van der Waals surface area contributed by atoms with Crippen molar-refractivity contribution in [1.29, 1.82) is 0 Å². The van der Waals surface area contributed by atoms with Gasteiger partial charge < -0.3 is 9.84 Å². The van der Waals surface area contributed by atoms with Crippen molar-refractivity contribution in [1.82, 2.24) is 0 Å². The Hall–Kier alpha value is -2.04. The van der Waals surface area contributed by atoms with Gasteiger partial charge in [0.1, 0.15) is 17.1 Å². The molecule has 0 radical (unpaired) electrons. The van der Waals surface area contributed by atoms with E-state index in [4.69, 9.17) is 4.74 Å². The van der Waals surface area contributed by atoms with Crippen molar-refractivity contribution in [2.75, 3.05) is 0 Å². The van der Waals surface area contributed by atoms with Crippen molar-refractivity contribution in [3.05, 3.63) is 44.1 Å². The van der Waals surface area contributed by atoms with Crippen molar-refractivity contribution < 1.29 is 14.8 Å². The Morgan fingerprint density at radius 3 is 2.58 bits per heavy atom. The molecule has 0 saturated carbocycles. The molecule has 1 aromatic rings. The molecule has 1 unspecified atom stereocenters. The van der Waals surface area contributed by atoms with Gasteiger partial charge in [-0.05, 0) is 76.1 Å². The number of hydrogen-bond acceptors (Lipinski definition) is 4. The van der Waals surface area contributed by atoms with Crippen molar-refractivity contribution in [3.63, 3.8) is 0 Å². The van der Waals surface area contributed by atoms with E-state index in [0.29, 0.717) is 18.6 Å². The molecule has 0 bridgehead atoms. The highest BCUT2D eigenvalue weighted by atomic mass is 16.6. The van der Waals surface area contributed by atoms with Gasteiger partial charge in [0.2, 0.25) is 5.70 Å². The number of nitrogens with zero attached hydrogens (tertiary/aromatic N) is 1. The monoisotopic (exact) mass is 333 g/mol. The van der Waals surface area contributed by atoms with Crippen LogP contribution in [0, 0.1) is 30.9 Å². The molecule has 1 aliphatic heterocycles. The first-order valence-electron chi connectivity index (χ1n) is 8.54. The van der Waals surface area contributed by atoms with Gasteiger partial charge in [-0.2, -0.15) is 0 Å². The first-order chi connectivity index (χ1) is 11.2. The van der Waals surface area contributed by atoms with E-state index in [-0.39, 0.29) is 16.2 Å². The number of benzene rings is 1. The first kappa shape index (κ1) is 18.3. The number of ether oxygens (including phenoxy) is 1. The van der Waals surface area contributed by atoms with Crippen molar-refractivity contribution in [2.24, 2.45) is 0 Å². The third kappa shape index (κ3) is 3.40. The lowest BCUT2D eigenvalue weighted by Gasteiger charge is -2.38. The number of allylic oxidation sites excluding steroid dienone is 2. The minimum atomic E-state index is -0.334. The maximum atomic E-state index is 10.9. The zero-order valence-corrected chi connectivity index (χ0v) is 15.2. The predicted molar refractivity (Wildman–Crippen MR) is 94.3 cm³/mol. The molecule has 2 rings (SSSR count). The van der Waals surface area contributed by atoms with Crippen LogP contribution in [0.25, 0.3) is 0 Å². The van der Waals surface area contributed by atoms with Gasteiger partial charge in [-0.15, -0.1) is 0 Å². The van der Waals surface area contributed by atoms with Crippen LogP contribution in [0.15, 0.2) is 11.8 Å². The van der Waals surface area contributed by atoms with Gasteiger partial charge in [0.25, 0.3) is 0 Å². The molecule has 0 aromatic heterocycles. The highest BCUT2D eigenvalue weighted by Gasteiger charge is 2.34. The van der Waals surface area contributed by atoms with Crippen LogP contribution in [-0.4, -0.2) is 15.6 Å². The fourth-order valence-corrected chi connectivity index (χ4v) is 3.36. The Bertz CT molecular complexity index is 693. The van der Waals surface area contributed by atoms with Crippen LogP contribution in [-0.2, 0) is 6.42 Å². The van der Waals surface area contributed by atoms with Crippen LogP contribution in [0.1, 0.15) is 61.8 Å². The summed E-state index contributed by atoms with van der Waals surface area (Å²) in [5, 5.41) is 21.1. The molecule has 132 valence electrons. The molecule has 1 N–H and O–H groups in total. The zero-order valence-electron chi connectivity index (χ0n) is 15.2. The van der Waals surface area contributed by atoms with Crippen LogP contribution >= 0.6 is 0 Å². The van der Waals surface area contributed by atoms with Gasteiger partial charge in [-0.1, -0.05) is 6.92 Å². The molecule has 0 amide bonds. The van der Waals surface area contributed by atoms with Crippen molar-refractivity contribution in [3.8, 4) is 11.5 Å². The molecule has 1 atom stereocenters. The van der Waals surface area contributed by atoms with E-state index in [1.165, 1.54) is 0 Å². The maximum Gasteiger partial charge on any atom is 0.242 e. The van der Waals surface area contributed by atoms with Gasteiger partial charge in [-0.25, -0.2) is 0 Å². The molecule has 1 aromatic carbocycles. The summed E-state index contributed by atoms with van der Waals surface area (Å²) in [6.45, 7) is 9.67. The van der Waals surface area contributed by atoms with Crippen LogP contribution in [0.2, 0.25) is 0 Å². The first-order valence-corrected chi connectivity index (χ1v) is 8.54. The number of aromatic hydroxyl groups is 1. The molecule has 0 saturated heterocycles. The summed E-state index contributed by atoms with van der Waals surface area (Å²) in [6.07, 6.45) is 5.21. The summed E-state index contributed by atoms with van der Waals surface area (Å²) in [5.74, 6) is 1.24. The van der Waals surface area contributed by atoms with Gasteiger partial charge in [0, 0.05) is 12.0 Å². The molecular weight excluding hydrogens is 306 g/mol.